The van der Waals surface area contributed by atoms with E-state index in [-0.39, 0.29) is 0 Å². The van der Waals surface area contributed by atoms with Crippen molar-refractivity contribution in [1.82, 2.24) is 0 Å². The highest BCUT2D eigenvalue weighted by Gasteiger charge is 2.58. The molecule has 0 bridgehead atoms. The zero-order valence-corrected chi connectivity index (χ0v) is 28.9. The van der Waals surface area contributed by atoms with Gasteiger partial charge in [-0.05, 0) is 97.7 Å². The molecule has 0 aliphatic heterocycles. The molecule has 4 aliphatic rings. The quantitative estimate of drug-likeness (QED) is 0.108. The first kappa shape index (κ1) is 33.6. The predicted octanol–water partition coefficient (Wildman–Crippen LogP) is 13.9. The van der Waals surface area contributed by atoms with Crippen LogP contribution in [0.2, 0.25) is 0 Å². The highest BCUT2D eigenvalue weighted by molar-refractivity contribution is 5.25. The second kappa shape index (κ2) is 16.7. The van der Waals surface area contributed by atoms with Gasteiger partial charge in [-0.15, -0.1) is 0 Å². The van der Waals surface area contributed by atoms with Gasteiger partial charge in [0, 0.05) is 0 Å². The summed E-state index contributed by atoms with van der Waals surface area (Å²) in [6.45, 7) is 12.9. The summed E-state index contributed by atoms with van der Waals surface area (Å²) >= 11 is 0. The average molecular weight is 567 g/mol. The molecular weight excluding hydrogens is 492 g/mol. The highest BCUT2D eigenvalue weighted by atomic mass is 14.6. The first-order chi connectivity index (χ1) is 19.9. The Morgan fingerprint density at radius 2 is 1.24 bits per heavy atom. The summed E-state index contributed by atoms with van der Waals surface area (Å²) in [5, 5.41) is 0. The molecule has 4 rings (SSSR count). The number of rotatable bonds is 19. The van der Waals surface area contributed by atoms with E-state index in [0.717, 1.165) is 35.5 Å². The van der Waals surface area contributed by atoms with Gasteiger partial charge in [0.1, 0.15) is 0 Å². The molecule has 0 aromatic heterocycles. The van der Waals surface area contributed by atoms with Crippen LogP contribution in [0.3, 0.4) is 0 Å². The summed E-state index contributed by atoms with van der Waals surface area (Å²) in [6, 6.07) is 0. The molecule has 0 aromatic rings. The number of hydrogen-bond acceptors (Lipinski definition) is 0. The fourth-order valence-electron chi connectivity index (χ4n) is 11.2. The van der Waals surface area contributed by atoms with Crippen molar-refractivity contribution in [2.75, 3.05) is 0 Å². The minimum atomic E-state index is 0.549. The molecule has 0 saturated heterocycles. The van der Waals surface area contributed by atoms with E-state index in [1.54, 1.807) is 6.42 Å². The van der Waals surface area contributed by atoms with Crippen LogP contribution >= 0.6 is 0 Å². The van der Waals surface area contributed by atoms with Gasteiger partial charge in [-0.1, -0.05) is 162 Å². The Morgan fingerprint density at radius 3 is 1.83 bits per heavy atom. The monoisotopic (exact) mass is 567 g/mol. The molecule has 4 aliphatic carbocycles. The fraction of sp³-hybridized carbons (Fsp3) is 0.951. The Morgan fingerprint density at radius 1 is 0.683 bits per heavy atom. The van der Waals surface area contributed by atoms with Gasteiger partial charge in [0.2, 0.25) is 0 Å². The second-order valence-electron chi connectivity index (χ2n) is 16.8. The van der Waals surface area contributed by atoms with Gasteiger partial charge in [-0.3, -0.25) is 0 Å². The van der Waals surface area contributed by atoms with Crippen molar-refractivity contribution in [3.8, 4) is 0 Å². The minimum Gasteiger partial charge on any atom is -0.0845 e. The topological polar surface area (TPSA) is 0 Å². The van der Waals surface area contributed by atoms with Crippen LogP contribution in [0.25, 0.3) is 0 Å². The van der Waals surface area contributed by atoms with Crippen molar-refractivity contribution in [2.24, 2.45) is 46.3 Å². The summed E-state index contributed by atoms with van der Waals surface area (Å²) in [5.41, 5.74) is 3.06. The first-order valence-electron chi connectivity index (χ1n) is 19.6. The maximum absolute atomic E-state index is 2.77. The van der Waals surface area contributed by atoms with Crippen LogP contribution in [0.4, 0.5) is 0 Å². The Bertz CT molecular complexity index is 762. The highest BCUT2D eigenvalue weighted by Crippen LogP contribution is 2.67. The van der Waals surface area contributed by atoms with Crippen molar-refractivity contribution in [3.63, 3.8) is 0 Å². The lowest BCUT2D eigenvalue weighted by molar-refractivity contribution is -0.0522. The lowest BCUT2D eigenvalue weighted by Crippen LogP contribution is -2.50. The molecule has 0 radical (unpaired) electrons. The zero-order valence-electron chi connectivity index (χ0n) is 28.9. The van der Waals surface area contributed by atoms with Crippen LogP contribution in [0.5, 0.6) is 0 Å². The van der Waals surface area contributed by atoms with Gasteiger partial charge in [0.25, 0.3) is 0 Å². The summed E-state index contributed by atoms with van der Waals surface area (Å²) in [4.78, 5) is 0. The predicted molar refractivity (Wildman–Crippen MR) is 182 cm³/mol. The molecule has 4 unspecified atom stereocenters. The van der Waals surface area contributed by atoms with E-state index in [2.05, 4.69) is 40.7 Å². The van der Waals surface area contributed by atoms with E-state index in [9.17, 15) is 0 Å². The largest absolute Gasteiger partial charge is 0.0845 e. The lowest BCUT2D eigenvalue weighted by Gasteiger charge is -2.58. The van der Waals surface area contributed by atoms with Gasteiger partial charge < -0.3 is 0 Å². The van der Waals surface area contributed by atoms with Crippen LogP contribution in [-0.4, -0.2) is 0 Å². The van der Waals surface area contributed by atoms with Crippen LogP contribution in [0, 0.1) is 46.3 Å². The third-order valence-electron chi connectivity index (χ3n) is 13.9. The molecule has 3 fully saturated rings. The standard InChI is InChI=1S/C41H74/c1-6-7-8-9-10-11-12-13-14-15-16-17-18-19-20-21-22-23-34(3)37-26-27-38-36-25-24-35-32-33(2)28-30-40(35,4)39(36)29-31-41(37,38)5/h24,33-34,36-39H,6-23,25-32H2,1-5H3/t33?,34-,36?,37-,38+,39+,40?,41?/m1/s1. The molecular formula is C41H74. The first-order valence-corrected chi connectivity index (χ1v) is 19.6. The summed E-state index contributed by atoms with van der Waals surface area (Å²) < 4.78 is 0. The van der Waals surface area contributed by atoms with E-state index >= 15 is 0 Å². The molecule has 0 N–H and O–H groups in total. The maximum atomic E-state index is 2.77. The van der Waals surface area contributed by atoms with Gasteiger partial charge in [-0.25, -0.2) is 0 Å². The Balaban J connectivity index is 1.05. The second-order valence-corrected chi connectivity index (χ2v) is 16.8. The number of fused-ring (bicyclic) bond motifs is 5. The fourth-order valence-corrected chi connectivity index (χ4v) is 11.2. The summed E-state index contributed by atoms with van der Waals surface area (Å²) in [5.74, 6) is 5.86. The van der Waals surface area contributed by atoms with E-state index in [4.69, 9.17) is 0 Å². The van der Waals surface area contributed by atoms with Crippen molar-refractivity contribution in [3.05, 3.63) is 11.6 Å². The molecule has 0 spiro atoms. The van der Waals surface area contributed by atoms with Crippen LogP contribution in [0.15, 0.2) is 11.6 Å². The van der Waals surface area contributed by atoms with E-state index in [1.165, 1.54) is 161 Å². The molecule has 0 amide bonds. The third-order valence-corrected chi connectivity index (χ3v) is 13.9. The number of unbranched alkanes of at least 4 members (excludes halogenated alkanes) is 16. The molecule has 3 saturated carbocycles. The number of allylic oxidation sites excluding steroid dienone is 2. The molecule has 8 atom stereocenters. The van der Waals surface area contributed by atoms with E-state index in [0.29, 0.717) is 10.8 Å². The van der Waals surface area contributed by atoms with Crippen molar-refractivity contribution in [2.45, 2.75) is 202 Å². The molecule has 0 heterocycles. The van der Waals surface area contributed by atoms with E-state index < -0.39 is 0 Å². The zero-order chi connectivity index (χ0) is 29.1. The van der Waals surface area contributed by atoms with Crippen LogP contribution in [0.1, 0.15) is 202 Å². The molecule has 0 aromatic carbocycles. The van der Waals surface area contributed by atoms with Crippen molar-refractivity contribution >= 4 is 0 Å². The van der Waals surface area contributed by atoms with Gasteiger partial charge >= 0.3 is 0 Å². The van der Waals surface area contributed by atoms with Gasteiger partial charge in [0.05, 0.1) is 0 Å². The van der Waals surface area contributed by atoms with Gasteiger partial charge in [-0.2, -0.15) is 0 Å². The summed E-state index contributed by atoms with van der Waals surface area (Å²) in [6.07, 6.45) is 41.3. The average Bonchev–Trinajstić information content (AvgIpc) is 3.32. The SMILES string of the molecule is CCCCCCCCCCCCCCCCCCC[C@@H](C)[C@H]1CC[C@H]2C3CC=C4CC(C)CCC4(C)[C@H]3CCC12C. The Hall–Kier alpha value is -0.260. The molecule has 0 heteroatoms. The minimum absolute atomic E-state index is 0.549. The summed E-state index contributed by atoms with van der Waals surface area (Å²) in [7, 11) is 0. The smallest absolute Gasteiger partial charge is 0.00851 e. The third kappa shape index (κ3) is 8.68. The Labute approximate surface area is 259 Å². The Kier molecular flexibility index (Phi) is 13.7. The van der Waals surface area contributed by atoms with Crippen molar-refractivity contribution in [1.29, 1.82) is 0 Å². The molecule has 41 heavy (non-hydrogen) atoms. The maximum Gasteiger partial charge on any atom is -0.00851 e. The lowest BCUT2D eigenvalue weighted by atomic mass is 9.46. The normalized spacial score (nSPS) is 35.4. The molecule has 238 valence electrons. The molecule has 0 nitrogen and oxygen atoms in total. The number of hydrogen-bond donors (Lipinski definition) is 0. The van der Waals surface area contributed by atoms with Crippen LogP contribution in [-0.2, 0) is 0 Å². The van der Waals surface area contributed by atoms with Gasteiger partial charge in [0.15, 0.2) is 0 Å². The van der Waals surface area contributed by atoms with E-state index in [1.807, 2.05) is 5.57 Å². The van der Waals surface area contributed by atoms with Crippen molar-refractivity contribution < 1.29 is 0 Å². The van der Waals surface area contributed by atoms with Crippen LogP contribution < -0.4 is 0 Å².